The van der Waals surface area contributed by atoms with Crippen molar-refractivity contribution in [3.63, 3.8) is 0 Å². The van der Waals surface area contributed by atoms with Crippen LogP contribution in [-0.2, 0) is 10.0 Å². The van der Waals surface area contributed by atoms with Gasteiger partial charge in [-0.25, -0.2) is 8.42 Å². The van der Waals surface area contributed by atoms with Gasteiger partial charge in [0.15, 0.2) is 0 Å². The number of anilines is 1. The minimum Gasteiger partial charge on any atom is -0.485 e. The minimum atomic E-state index is -3.77. The number of non-ortho nitro benzene ring substituents is 1. The van der Waals surface area contributed by atoms with Gasteiger partial charge in [0.25, 0.3) is 5.69 Å². The SMILES string of the molecule is CCN1C[C@@H](CN(C)S(=O)(=O)c2ccc([N+](=O)[O-])cc2)Oc2ccccc21. The van der Waals surface area contributed by atoms with Crippen LogP contribution in [0.25, 0.3) is 0 Å². The third-order valence-corrected chi connectivity index (χ3v) is 6.36. The summed E-state index contributed by atoms with van der Waals surface area (Å²) in [5.74, 6) is 0.733. The van der Waals surface area contributed by atoms with Crippen LogP contribution < -0.4 is 9.64 Å². The van der Waals surface area contributed by atoms with E-state index in [0.29, 0.717) is 6.54 Å². The van der Waals surface area contributed by atoms with Crippen LogP contribution in [0, 0.1) is 10.1 Å². The molecule has 0 aromatic heterocycles. The van der Waals surface area contributed by atoms with Crippen LogP contribution in [0.15, 0.2) is 53.4 Å². The molecule has 0 amide bonds. The second-order valence-electron chi connectivity index (χ2n) is 6.28. The molecule has 3 rings (SSSR count). The maximum atomic E-state index is 12.8. The Morgan fingerprint density at radius 2 is 1.89 bits per heavy atom. The van der Waals surface area contributed by atoms with Gasteiger partial charge in [-0.1, -0.05) is 12.1 Å². The number of para-hydroxylation sites is 2. The molecule has 27 heavy (non-hydrogen) atoms. The summed E-state index contributed by atoms with van der Waals surface area (Å²) < 4.78 is 32.7. The molecule has 2 aromatic carbocycles. The van der Waals surface area contributed by atoms with Gasteiger partial charge in [0.05, 0.1) is 28.6 Å². The zero-order valence-corrected chi connectivity index (χ0v) is 15.9. The summed E-state index contributed by atoms with van der Waals surface area (Å²) in [6, 6.07) is 12.5. The fourth-order valence-electron chi connectivity index (χ4n) is 3.08. The van der Waals surface area contributed by atoms with E-state index >= 15 is 0 Å². The molecule has 1 aliphatic rings. The van der Waals surface area contributed by atoms with E-state index in [2.05, 4.69) is 4.90 Å². The van der Waals surface area contributed by atoms with Crippen molar-refractivity contribution in [3.05, 3.63) is 58.6 Å². The lowest BCUT2D eigenvalue weighted by Gasteiger charge is -2.36. The molecule has 0 spiro atoms. The molecule has 9 heteroatoms. The second kappa shape index (κ2) is 7.53. The Labute approximate surface area is 158 Å². The maximum Gasteiger partial charge on any atom is 0.269 e. The van der Waals surface area contributed by atoms with Gasteiger partial charge in [-0.2, -0.15) is 4.31 Å². The molecule has 0 N–H and O–H groups in total. The number of hydrogen-bond acceptors (Lipinski definition) is 6. The van der Waals surface area contributed by atoms with Crippen LogP contribution in [-0.4, -0.2) is 50.4 Å². The molecular weight excluding hydrogens is 370 g/mol. The normalized spacial score (nSPS) is 16.7. The molecule has 144 valence electrons. The summed E-state index contributed by atoms with van der Waals surface area (Å²) in [6.45, 7) is 3.57. The molecule has 0 saturated carbocycles. The van der Waals surface area contributed by atoms with Crippen molar-refractivity contribution in [2.45, 2.75) is 17.9 Å². The number of likely N-dealkylation sites (N-methyl/N-ethyl adjacent to an activating group) is 2. The Bertz CT molecular complexity index is 930. The van der Waals surface area contributed by atoms with Crippen LogP contribution in [0.5, 0.6) is 5.75 Å². The van der Waals surface area contributed by atoms with E-state index in [-0.39, 0.29) is 23.2 Å². The van der Waals surface area contributed by atoms with Crippen molar-refractivity contribution >= 4 is 21.4 Å². The molecule has 0 saturated heterocycles. The van der Waals surface area contributed by atoms with Crippen LogP contribution in [0.3, 0.4) is 0 Å². The zero-order valence-electron chi connectivity index (χ0n) is 15.1. The predicted molar refractivity (Wildman–Crippen MR) is 102 cm³/mol. The van der Waals surface area contributed by atoms with Gasteiger partial charge in [0.2, 0.25) is 10.0 Å². The largest absolute Gasteiger partial charge is 0.485 e. The monoisotopic (exact) mass is 391 g/mol. The zero-order chi connectivity index (χ0) is 19.6. The molecule has 0 bridgehead atoms. The number of rotatable bonds is 6. The van der Waals surface area contributed by atoms with Crippen LogP contribution in [0.4, 0.5) is 11.4 Å². The molecule has 1 atom stereocenters. The van der Waals surface area contributed by atoms with Gasteiger partial charge in [-0.3, -0.25) is 10.1 Å². The van der Waals surface area contributed by atoms with E-state index in [4.69, 9.17) is 4.74 Å². The van der Waals surface area contributed by atoms with Crippen LogP contribution >= 0.6 is 0 Å². The van der Waals surface area contributed by atoms with Gasteiger partial charge in [-0.05, 0) is 31.2 Å². The van der Waals surface area contributed by atoms with E-state index in [0.717, 1.165) is 18.0 Å². The lowest BCUT2D eigenvalue weighted by Crippen LogP contribution is -2.46. The fourth-order valence-corrected chi connectivity index (χ4v) is 4.28. The van der Waals surface area contributed by atoms with E-state index in [1.807, 2.05) is 31.2 Å². The smallest absolute Gasteiger partial charge is 0.269 e. The molecule has 0 unspecified atom stereocenters. The molecule has 1 heterocycles. The summed E-state index contributed by atoms with van der Waals surface area (Å²) >= 11 is 0. The Morgan fingerprint density at radius 1 is 1.22 bits per heavy atom. The van der Waals surface area contributed by atoms with E-state index in [1.54, 1.807) is 0 Å². The highest BCUT2D eigenvalue weighted by Crippen LogP contribution is 2.33. The van der Waals surface area contributed by atoms with Crippen molar-refractivity contribution in [1.82, 2.24) is 4.31 Å². The third kappa shape index (κ3) is 3.88. The van der Waals surface area contributed by atoms with Gasteiger partial charge in [-0.15, -0.1) is 0 Å². The number of hydrogen-bond donors (Lipinski definition) is 0. The molecule has 2 aromatic rings. The van der Waals surface area contributed by atoms with Gasteiger partial charge in [0.1, 0.15) is 11.9 Å². The molecule has 0 aliphatic carbocycles. The number of ether oxygens (including phenoxy) is 1. The van der Waals surface area contributed by atoms with E-state index in [1.165, 1.54) is 35.6 Å². The van der Waals surface area contributed by atoms with Crippen molar-refractivity contribution in [2.24, 2.45) is 0 Å². The number of nitro benzene ring substituents is 1. The minimum absolute atomic E-state index is 0.0131. The van der Waals surface area contributed by atoms with E-state index < -0.39 is 14.9 Å². The summed E-state index contributed by atoms with van der Waals surface area (Å²) in [5.41, 5.74) is 0.847. The Hall–Kier alpha value is -2.65. The first kappa shape index (κ1) is 19.1. The number of fused-ring (bicyclic) bond motifs is 1. The molecule has 0 fully saturated rings. The van der Waals surface area contributed by atoms with Gasteiger partial charge in [0, 0.05) is 25.7 Å². The number of benzene rings is 2. The first-order valence-corrected chi connectivity index (χ1v) is 9.98. The van der Waals surface area contributed by atoms with Crippen molar-refractivity contribution in [1.29, 1.82) is 0 Å². The highest BCUT2D eigenvalue weighted by Gasteiger charge is 2.30. The standard InChI is InChI=1S/C18H21N3O5S/c1-3-20-13-15(26-18-7-5-4-6-17(18)20)12-19(2)27(24,25)16-10-8-14(9-11-16)21(22)23/h4-11,15H,3,12-13H2,1-2H3/t15-/m1/s1. The van der Waals surface area contributed by atoms with Crippen LogP contribution in [0.2, 0.25) is 0 Å². The Kier molecular flexibility index (Phi) is 5.33. The first-order chi connectivity index (χ1) is 12.8. The molecule has 0 radical (unpaired) electrons. The Morgan fingerprint density at radius 3 is 2.52 bits per heavy atom. The molecule has 8 nitrogen and oxygen atoms in total. The van der Waals surface area contributed by atoms with Crippen molar-refractivity contribution in [3.8, 4) is 5.75 Å². The summed E-state index contributed by atoms with van der Waals surface area (Å²) in [4.78, 5) is 12.3. The number of nitro groups is 1. The summed E-state index contributed by atoms with van der Waals surface area (Å²) in [5, 5.41) is 10.7. The topological polar surface area (TPSA) is 93.0 Å². The average Bonchev–Trinajstić information content (AvgIpc) is 2.67. The average molecular weight is 391 g/mol. The van der Waals surface area contributed by atoms with E-state index in [9.17, 15) is 18.5 Å². The van der Waals surface area contributed by atoms with Gasteiger partial charge >= 0.3 is 0 Å². The predicted octanol–water partition coefficient (Wildman–Crippen LogP) is 2.50. The summed E-state index contributed by atoms with van der Waals surface area (Å²) in [6.07, 6.45) is -0.322. The fraction of sp³-hybridized carbons (Fsp3) is 0.333. The first-order valence-electron chi connectivity index (χ1n) is 8.54. The number of sulfonamides is 1. The quantitative estimate of drug-likeness (QED) is 0.555. The summed E-state index contributed by atoms with van der Waals surface area (Å²) in [7, 11) is -2.29. The lowest BCUT2D eigenvalue weighted by molar-refractivity contribution is -0.384. The Balaban J connectivity index is 1.76. The maximum absolute atomic E-state index is 12.8. The second-order valence-corrected chi connectivity index (χ2v) is 8.33. The number of nitrogens with zero attached hydrogens (tertiary/aromatic N) is 3. The lowest BCUT2D eigenvalue weighted by atomic mass is 10.2. The molecular formula is C18H21N3O5S. The highest BCUT2D eigenvalue weighted by atomic mass is 32.2. The van der Waals surface area contributed by atoms with Crippen molar-refractivity contribution in [2.75, 3.05) is 31.6 Å². The van der Waals surface area contributed by atoms with Crippen LogP contribution in [0.1, 0.15) is 6.92 Å². The van der Waals surface area contributed by atoms with Crippen molar-refractivity contribution < 1.29 is 18.1 Å². The van der Waals surface area contributed by atoms with Gasteiger partial charge < -0.3 is 9.64 Å². The third-order valence-electron chi connectivity index (χ3n) is 4.52. The molecule has 1 aliphatic heterocycles. The highest BCUT2D eigenvalue weighted by molar-refractivity contribution is 7.89.